The molecule has 0 aliphatic heterocycles. The Balaban J connectivity index is 1.90. The van der Waals surface area contributed by atoms with Crippen molar-refractivity contribution >= 4 is 32.4 Å². The molecular formula is C29H25F6N3O5S2. The van der Waals surface area contributed by atoms with E-state index in [0.29, 0.717) is 16.9 Å². The average molecular weight is 674 g/mol. The van der Waals surface area contributed by atoms with E-state index in [0.717, 1.165) is 24.3 Å². The number of amides is 1. The number of alkyl halides is 6. The number of aromatic nitrogens is 1. The zero-order valence-electron chi connectivity index (χ0n) is 23.5. The van der Waals surface area contributed by atoms with Crippen molar-refractivity contribution in [3.05, 3.63) is 101 Å². The minimum absolute atomic E-state index is 0.0184. The first-order chi connectivity index (χ1) is 21.0. The van der Waals surface area contributed by atoms with E-state index in [4.69, 9.17) is 0 Å². The van der Waals surface area contributed by atoms with Gasteiger partial charge in [-0.15, -0.1) is 26.3 Å². The summed E-state index contributed by atoms with van der Waals surface area (Å²) < 4.78 is 117. The van der Waals surface area contributed by atoms with E-state index in [2.05, 4.69) is 24.5 Å². The van der Waals surface area contributed by atoms with Crippen LogP contribution in [0.1, 0.15) is 29.3 Å². The molecule has 2 N–H and O–H groups in total. The molecule has 3 aromatic carbocycles. The van der Waals surface area contributed by atoms with Crippen LogP contribution in [0.5, 0.6) is 11.5 Å². The molecule has 0 aliphatic rings. The highest BCUT2D eigenvalue weighted by molar-refractivity contribution is 7.91. The summed E-state index contributed by atoms with van der Waals surface area (Å²) in [5, 5.41) is 2.43. The van der Waals surface area contributed by atoms with Gasteiger partial charge in [0.1, 0.15) is 11.5 Å². The Kier molecular flexibility index (Phi) is 9.80. The first-order valence-electron chi connectivity index (χ1n) is 13.0. The summed E-state index contributed by atoms with van der Waals surface area (Å²) in [4.78, 5) is 15.5. The number of halogens is 6. The minimum atomic E-state index is -5.06. The standard InChI is InChI=1S/C29H25F6N3O5S2/c1-18-25(44-26(37-18)38-19(2)39)45(40,41)36-17-27(16-20-8-4-3-5-9-20,21-10-6-12-23(14-21)42-28(30,31)32)22-11-7-13-24(15-22)43-29(33,34)35/h3-15,36H,16-17H2,1-2H3,(H,37,38,39). The van der Waals surface area contributed by atoms with Gasteiger partial charge in [-0.25, -0.2) is 18.1 Å². The highest BCUT2D eigenvalue weighted by Gasteiger charge is 2.39. The van der Waals surface area contributed by atoms with Gasteiger partial charge in [0.2, 0.25) is 5.91 Å². The highest BCUT2D eigenvalue weighted by Crippen LogP contribution is 2.40. The lowest BCUT2D eigenvalue weighted by molar-refractivity contribution is -0.275. The van der Waals surface area contributed by atoms with E-state index in [1.54, 1.807) is 30.3 Å². The van der Waals surface area contributed by atoms with E-state index < -0.39 is 52.1 Å². The summed E-state index contributed by atoms with van der Waals surface area (Å²) in [6.07, 6.45) is -10.2. The fraction of sp³-hybridized carbons (Fsp3) is 0.241. The Morgan fingerprint density at radius 1 is 0.844 bits per heavy atom. The van der Waals surface area contributed by atoms with Crippen molar-refractivity contribution < 1.29 is 49.0 Å². The SMILES string of the molecule is CC(=O)Nc1nc(C)c(S(=O)(=O)NCC(Cc2ccccc2)(c2cccc(OC(F)(F)F)c2)c2cccc(OC(F)(F)F)c2)s1. The number of aryl methyl sites for hydroxylation is 1. The van der Waals surface area contributed by atoms with E-state index in [1.807, 2.05) is 0 Å². The van der Waals surface area contributed by atoms with Crippen LogP contribution in [0.15, 0.2) is 83.1 Å². The number of hydrogen-bond donors (Lipinski definition) is 2. The van der Waals surface area contributed by atoms with Gasteiger partial charge in [-0.1, -0.05) is 65.9 Å². The molecule has 1 amide bonds. The third-order valence-electron chi connectivity index (χ3n) is 6.43. The number of carbonyl (C=O) groups is 1. The molecular weight excluding hydrogens is 648 g/mol. The van der Waals surface area contributed by atoms with Crippen LogP contribution in [0.4, 0.5) is 31.5 Å². The van der Waals surface area contributed by atoms with Gasteiger partial charge in [-0.2, -0.15) is 0 Å². The van der Waals surface area contributed by atoms with Gasteiger partial charge >= 0.3 is 12.7 Å². The van der Waals surface area contributed by atoms with Crippen molar-refractivity contribution in [1.29, 1.82) is 0 Å². The number of hydrogen-bond acceptors (Lipinski definition) is 7. The van der Waals surface area contributed by atoms with Gasteiger partial charge in [0.25, 0.3) is 10.0 Å². The summed E-state index contributed by atoms with van der Waals surface area (Å²) >= 11 is 0.675. The van der Waals surface area contributed by atoms with Crippen molar-refractivity contribution in [2.45, 2.75) is 42.6 Å². The number of rotatable bonds is 11. The number of benzene rings is 3. The number of sulfonamides is 1. The fourth-order valence-electron chi connectivity index (χ4n) is 4.68. The number of nitrogens with one attached hydrogen (secondary N) is 2. The lowest BCUT2D eigenvalue weighted by atomic mass is 9.70. The molecule has 0 saturated heterocycles. The molecule has 0 radical (unpaired) electrons. The molecule has 4 rings (SSSR count). The van der Waals surface area contributed by atoms with Crippen LogP contribution in [0.2, 0.25) is 0 Å². The summed E-state index contributed by atoms with van der Waals surface area (Å²) in [5.74, 6) is -1.73. The second kappa shape index (κ2) is 13.1. The van der Waals surface area contributed by atoms with Gasteiger partial charge in [-0.3, -0.25) is 4.79 Å². The molecule has 0 saturated carbocycles. The Bertz CT molecular complexity index is 1700. The van der Waals surface area contributed by atoms with Crippen LogP contribution < -0.4 is 19.5 Å². The quantitative estimate of drug-likeness (QED) is 0.172. The van der Waals surface area contributed by atoms with Gasteiger partial charge < -0.3 is 14.8 Å². The molecule has 45 heavy (non-hydrogen) atoms. The van der Waals surface area contributed by atoms with Gasteiger partial charge in [0, 0.05) is 18.9 Å². The van der Waals surface area contributed by atoms with Gasteiger partial charge in [0.15, 0.2) is 9.34 Å². The van der Waals surface area contributed by atoms with E-state index in [9.17, 15) is 39.6 Å². The summed E-state index contributed by atoms with van der Waals surface area (Å²) in [7, 11) is -4.39. The Labute approximate surface area is 258 Å². The zero-order chi connectivity index (χ0) is 33.0. The third-order valence-corrected chi connectivity index (χ3v) is 9.52. The molecule has 0 spiro atoms. The van der Waals surface area contributed by atoms with Crippen molar-refractivity contribution in [3.8, 4) is 11.5 Å². The summed E-state index contributed by atoms with van der Waals surface area (Å²) in [6, 6.07) is 18.0. The van der Waals surface area contributed by atoms with Crippen LogP contribution >= 0.6 is 11.3 Å². The van der Waals surface area contributed by atoms with Crippen LogP contribution in [-0.4, -0.2) is 38.6 Å². The maximum absolute atomic E-state index is 13.6. The molecule has 1 aromatic heterocycles. The normalized spacial score (nSPS) is 12.5. The van der Waals surface area contributed by atoms with Crippen molar-refractivity contribution in [3.63, 3.8) is 0 Å². The molecule has 4 aromatic rings. The Morgan fingerprint density at radius 3 is 1.87 bits per heavy atom. The number of anilines is 1. The summed E-state index contributed by atoms with van der Waals surface area (Å²) in [5.41, 5.74) is -0.780. The van der Waals surface area contributed by atoms with E-state index in [1.165, 1.54) is 38.1 Å². The predicted molar refractivity (Wildman–Crippen MR) is 154 cm³/mol. The minimum Gasteiger partial charge on any atom is -0.406 e. The molecule has 0 fully saturated rings. The largest absolute Gasteiger partial charge is 0.573 e. The molecule has 16 heteroatoms. The topological polar surface area (TPSA) is 107 Å². The lowest BCUT2D eigenvalue weighted by Gasteiger charge is -2.36. The monoisotopic (exact) mass is 673 g/mol. The molecule has 0 bridgehead atoms. The molecule has 8 nitrogen and oxygen atoms in total. The van der Waals surface area contributed by atoms with Crippen LogP contribution in [-0.2, 0) is 26.7 Å². The van der Waals surface area contributed by atoms with Crippen LogP contribution in [0.25, 0.3) is 0 Å². The van der Waals surface area contributed by atoms with Gasteiger partial charge in [0.05, 0.1) is 5.69 Å². The first-order valence-corrected chi connectivity index (χ1v) is 15.3. The smallest absolute Gasteiger partial charge is 0.406 e. The Hall–Kier alpha value is -4.15. The number of carbonyl (C=O) groups excluding carboxylic acids is 1. The number of thiazole rings is 1. The molecule has 0 unspecified atom stereocenters. The maximum Gasteiger partial charge on any atom is 0.573 e. The van der Waals surface area contributed by atoms with Crippen LogP contribution in [0.3, 0.4) is 0 Å². The summed E-state index contributed by atoms with van der Waals surface area (Å²) in [6.45, 7) is 2.08. The number of nitrogens with zero attached hydrogens (tertiary/aromatic N) is 1. The third kappa shape index (κ3) is 8.95. The second-order valence-electron chi connectivity index (χ2n) is 9.79. The lowest BCUT2D eigenvalue weighted by Crippen LogP contribution is -2.43. The fourth-order valence-corrected chi connectivity index (χ4v) is 7.28. The van der Waals surface area contributed by atoms with E-state index in [-0.39, 0.29) is 32.6 Å². The van der Waals surface area contributed by atoms with Crippen molar-refractivity contribution in [1.82, 2.24) is 9.71 Å². The maximum atomic E-state index is 13.6. The average Bonchev–Trinajstić information content (AvgIpc) is 3.30. The van der Waals surface area contributed by atoms with Gasteiger partial charge in [-0.05, 0) is 54.3 Å². The molecule has 0 aliphatic carbocycles. The molecule has 0 atom stereocenters. The molecule has 1 heterocycles. The van der Waals surface area contributed by atoms with E-state index >= 15 is 0 Å². The predicted octanol–water partition coefficient (Wildman–Crippen LogP) is 6.71. The first kappa shape index (κ1) is 33.7. The zero-order valence-corrected chi connectivity index (χ0v) is 25.1. The second-order valence-corrected chi connectivity index (χ2v) is 12.8. The van der Waals surface area contributed by atoms with Crippen molar-refractivity contribution in [2.75, 3.05) is 11.9 Å². The van der Waals surface area contributed by atoms with Crippen LogP contribution in [0, 0.1) is 6.92 Å². The number of ether oxygens (including phenoxy) is 2. The Morgan fingerprint density at radius 2 is 1.38 bits per heavy atom. The van der Waals surface area contributed by atoms with Crippen molar-refractivity contribution in [2.24, 2.45) is 0 Å². The highest BCUT2D eigenvalue weighted by atomic mass is 32.2. The molecule has 240 valence electrons.